The second kappa shape index (κ2) is 32.6. The van der Waals surface area contributed by atoms with E-state index in [-0.39, 0.29) is 31.7 Å². The normalized spacial score (nSPS) is 16.8. The van der Waals surface area contributed by atoms with Crippen LogP contribution in [0.15, 0.2) is 36.5 Å². The van der Waals surface area contributed by atoms with Crippen molar-refractivity contribution >= 4 is 19.8 Å². The highest BCUT2D eigenvalue weighted by atomic mass is 31.2. The van der Waals surface area contributed by atoms with Gasteiger partial charge < -0.3 is 24.0 Å². The number of hydrogen-bond donors (Lipinski definition) is 2. The Kier molecular flexibility index (Phi) is 30.3. The molecule has 0 spiro atoms. The molecule has 0 aliphatic carbocycles. The summed E-state index contributed by atoms with van der Waals surface area (Å²) in [5.74, 6) is -0.136. The van der Waals surface area contributed by atoms with Gasteiger partial charge in [0, 0.05) is 12.8 Å². The van der Waals surface area contributed by atoms with Crippen molar-refractivity contribution in [3.8, 4) is 0 Å². The Hall–Kier alpha value is -1.77. The summed E-state index contributed by atoms with van der Waals surface area (Å²) in [5, 5.41) is 0. The summed E-state index contributed by atoms with van der Waals surface area (Å²) >= 11 is 0. The molecule has 2 unspecified atom stereocenters. The molecule has 52 heavy (non-hydrogen) atoms. The fourth-order valence-corrected chi connectivity index (χ4v) is 6.36. The van der Waals surface area contributed by atoms with E-state index in [2.05, 4.69) is 55.7 Å². The molecule has 2 N–H and O–H groups in total. The molecule has 1 aliphatic rings. The zero-order valence-corrected chi connectivity index (χ0v) is 34.0. The molecule has 0 aromatic heterocycles. The molecule has 0 bridgehead atoms. The van der Waals surface area contributed by atoms with Gasteiger partial charge in [0.05, 0.1) is 18.8 Å². The fourth-order valence-electron chi connectivity index (χ4n) is 6.00. The third-order valence-corrected chi connectivity index (χ3v) is 9.73. The van der Waals surface area contributed by atoms with Gasteiger partial charge in [-0.05, 0) is 57.3 Å². The van der Waals surface area contributed by atoms with Crippen molar-refractivity contribution in [1.82, 2.24) is 0 Å². The Bertz CT molecular complexity index is 1020. The smallest absolute Gasteiger partial charge is 0.462 e. The van der Waals surface area contributed by atoms with Gasteiger partial charge in [-0.3, -0.25) is 14.1 Å². The number of phosphoric ester groups is 1. The van der Waals surface area contributed by atoms with Crippen molar-refractivity contribution in [3.05, 3.63) is 36.5 Å². The van der Waals surface area contributed by atoms with E-state index in [1.807, 2.05) is 6.08 Å². The van der Waals surface area contributed by atoms with Crippen molar-refractivity contribution in [2.24, 2.45) is 5.92 Å². The molecule has 0 aromatic rings. The zero-order valence-electron chi connectivity index (χ0n) is 33.1. The minimum atomic E-state index is -4.77. The predicted molar refractivity (Wildman–Crippen MR) is 211 cm³/mol. The van der Waals surface area contributed by atoms with Crippen molar-refractivity contribution in [3.63, 3.8) is 0 Å². The SMILES string of the molecule is CCCCC/C=C\C/C=C\CC1OC1C/C=C\CCCC(=O)OC[C@H](COP(=O)(O)O)OC(=O)CCCCCCCCCCCCCCCC(C)C. The number of allylic oxidation sites excluding steroid dienone is 4. The average molecular weight is 755 g/mol. The maximum Gasteiger partial charge on any atom is 0.469 e. The van der Waals surface area contributed by atoms with E-state index in [0.717, 1.165) is 57.3 Å². The zero-order chi connectivity index (χ0) is 38.1. The number of unbranched alkanes of at least 4 members (excludes halogenated alkanes) is 16. The third kappa shape index (κ3) is 32.8. The quantitative estimate of drug-likeness (QED) is 0.0211. The largest absolute Gasteiger partial charge is 0.469 e. The Morgan fingerprint density at radius 1 is 0.654 bits per heavy atom. The van der Waals surface area contributed by atoms with E-state index in [4.69, 9.17) is 24.0 Å². The number of carbonyl (C=O) groups excluding carboxylic acids is 2. The highest BCUT2D eigenvalue weighted by molar-refractivity contribution is 7.46. The second-order valence-corrected chi connectivity index (χ2v) is 16.1. The molecule has 0 saturated carbocycles. The van der Waals surface area contributed by atoms with Gasteiger partial charge in [-0.25, -0.2) is 4.57 Å². The first kappa shape index (κ1) is 48.2. The predicted octanol–water partition coefficient (Wildman–Crippen LogP) is 11.4. The minimum absolute atomic E-state index is 0.184. The summed E-state index contributed by atoms with van der Waals surface area (Å²) in [6, 6.07) is 0. The lowest BCUT2D eigenvalue weighted by Gasteiger charge is -2.18. The molecule has 10 heteroatoms. The van der Waals surface area contributed by atoms with Crippen LogP contribution in [-0.2, 0) is 32.9 Å². The van der Waals surface area contributed by atoms with Crippen molar-refractivity contribution in [2.45, 2.75) is 200 Å². The van der Waals surface area contributed by atoms with Gasteiger partial charge in [-0.2, -0.15) is 0 Å². The molecule has 1 aliphatic heterocycles. The summed E-state index contributed by atoms with van der Waals surface area (Å²) in [6.45, 7) is 5.93. The minimum Gasteiger partial charge on any atom is -0.462 e. The van der Waals surface area contributed by atoms with E-state index in [1.165, 1.54) is 83.5 Å². The summed E-state index contributed by atoms with van der Waals surface area (Å²) < 4.78 is 32.1. The Labute approximate surface area is 317 Å². The number of phosphoric acid groups is 1. The van der Waals surface area contributed by atoms with Gasteiger partial charge in [0.15, 0.2) is 6.10 Å². The number of epoxide rings is 1. The molecule has 1 fully saturated rings. The number of ether oxygens (including phenoxy) is 3. The van der Waals surface area contributed by atoms with Gasteiger partial charge in [-0.15, -0.1) is 0 Å². The van der Waals surface area contributed by atoms with E-state index >= 15 is 0 Å². The van der Waals surface area contributed by atoms with Gasteiger partial charge in [-0.1, -0.05) is 154 Å². The van der Waals surface area contributed by atoms with E-state index in [1.54, 1.807) is 0 Å². The van der Waals surface area contributed by atoms with Crippen LogP contribution >= 0.6 is 7.82 Å². The molecule has 0 radical (unpaired) electrons. The number of esters is 2. The molecule has 0 aromatic carbocycles. The van der Waals surface area contributed by atoms with Crippen LogP contribution in [0.25, 0.3) is 0 Å². The van der Waals surface area contributed by atoms with Crippen LogP contribution in [0.5, 0.6) is 0 Å². The molecule has 9 nitrogen and oxygen atoms in total. The van der Waals surface area contributed by atoms with Crippen LogP contribution < -0.4 is 0 Å². The maximum absolute atomic E-state index is 12.4. The van der Waals surface area contributed by atoms with Crippen LogP contribution in [0.4, 0.5) is 0 Å². The number of carbonyl (C=O) groups is 2. The monoisotopic (exact) mass is 755 g/mol. The second-order valence-electron chi connectivity index (χ2n) is 14.8. The highest BCUT2D eigenvalue weighted by Gasteiger charge is 2.36. The Balaban J connectivity index is 2.11. The lowest BCUT2D eigenvalue weighted by atomic mass is 10.0. The Morgan fingerprint density at radius 3 is 1.77 bits per heavy atom. The molecule has 1 saturated heterocycles. The van der Waals surface area contributed by atoms with Crippen LogP contribution in [0.1, 0.15) is 181 Å². The van der Waals surface area contributed by atoms with E-state index < -0.39 is 32.5 Å². The fraction of sp³-hybridized carbons (Fsp3) is 0.810. The molecular weight excluding hydrogens is 679 g/mol. The van der Waals surface area contributed by atoms with E-state index in [9.17, 15) is 14.2 Å². The van der Waals surface area contributed by atoms with E-state index in [0.29, 0.717) is 12.8 Å². The van der Waals surface area contributed by atoms with Gasteiger partial charge in [0.2, 0.25) is 0 Å². The standard InChI is InChI=1S/C42H75O9P/c1-4-5-6-7-8-14-18-21-26-31-39-40(51-39)32-27-23-24-28-33-41(43)48-35-38(36-49-52(45,46)47)50-42(44)34-29-22-19-16-13-11-9-10-12-15-17-20-25-30-37(2)3/h8,14,21,23,26-27,37-40H,4-7,9-13,15-20,22,24-25,28-36H2,1-3H3,(H2,45,46,47)/b14-8-,26-21-,27-23-/t38-,39?,40?/m1/s1. The van der Waals surface area contributed by atoms with Gasteiger partial charge in [0.25, 0.3) is 0 Å². The van der Waals surface area contributed by atoms with Crippen LogP contribution in [-0.4, -0.2) is 53.3 Å². The van der Waals surface area contributed by atoms with Crippen LogP contribution in [0.3, 0.4) is 0 Å². The molecule has 0 amide bonds. The summed E-state index contributed by atoms with van der Waals surface area (Å²) in [4.78, 5) is 42.9. The third-order valence-electron chi connectivity index (χ3n) is 9.24. The van der Waals surface area contributed by atoms with Crippen LogP contribution in [0.2, 0.25) is 0 Å². The molecule has 3 atom stereocenters. The number of hydrogen-bond acceptors (Lipinski definition) is 7. The highest BCUT2D eigenvalue weighted by Crippen LogP contribution is 2.36. The van der Waals surface area contributed by atoms with Crippen molar-refractivity contribution in [2.75, 3.05) is 13.2 Å². The first-order valence-corrected chi connectivity index (χ1v) is 22.3. The van der Waals surface area contributed by atoms with Crippen LogP contribution in [0, 0.1) is 5.92 Å². The molecular formula is C42H75O9P. The molecule has 302 valence electrons. The topological polar surface area (TPSA) is 132 Å². The number of rotatable bonds is 36. The molecule has 1 heterocycles. The van der Waals surface area contributed by atoms with Gasteiger partial charge >= 0.3 is 19.8 Å². The first-order valence-electron chi connectivity index (χ1n) is 20.8. The molecule has 1 rings (SSSR count). The first-order chi connectivity index (χ1) is 25.1. The lowest BCUT2D eigenvalue weighted by Crippen LogP contribution is -2.29. The Morgan fingerprint density at radius 2 is 1.17 bits per heavy atom. The van der Waals surface area contributed by atoms with Crippen molar-refractivity contribution in [1.29, 1.82) is 0 Å². The average Bonchev–Trinajstić information content (AvgIpc) is 3.85. The van der Waals surface area contributed by atoms with Crippen molar-refractivity contribution < 1.29 is 42.7 Å². The maximum atomic E-state index is 12.4. The lowest BCUT2D eigenvalue weighted by molar-refractivity contribution is -0.161. The summed E-state index contributed by atoms with van der Waals surface area (Å²) in [5.41, 5.74) is 0. The summed E-state index contributed by atoms with van der Waals surface area (Å²) in [7, 11) is -4.77. The van der Waals surface area contributed by atoms with Gasteiger partial charge in [0.1, 0.15) is 6.61 Å². The summed E-state index contributed by atoms with van der Waals surface area (Å²) in [6.07, 6.45) is 39.0.